The summed E-state index contributed by atoms with van der Waals surface area (Å²) in [6.07, 6.45) is 0.598. The minimum atomic E-state index is -0.270. The summed E-state index contributed by atoms with van der Waals surface area (Å²) in [5, 5.41) is 9.54. The topological polar surface area (TPSA) is 37.3 Å². The molecule has 2 aromatic carbocycles. The van der Waals surface area contributed by atoms with Crippen molar-refractivity contribution in [3.63, 3.8) is 0 Å². The van der Waals surface area contributed by atoms with Crippen LogP contribution in [0.2, 0.25) is 0 Å². The van der Waals surface area contributed by atoms with Crippen LogP contribution in [0.4, 0.5) is 4.39 Å². The Morgan fingerprint density at radius 2 is 1.72 bits per heavy atom. The fourth-order valence-electron chi connectivity index (χ4n) is 1.81. The van der Waals surface area contributed by atoms with Gasteiger partial charge in [-0.15, -0.1) is 0 Å². The molecule has 0 aliphatic rings. The number of ketones is 1. The Labute approximate surface area is 105 Å². The summed E-state index contributed by atoms with van der Waals surface area (Å²) in [4.78, 5) is 11.3. The van der Waals surface area contributed by atoms with E-state index in [1.165, 1.54) is 25.1 Å². The minimum absolute atomic E-state index is 0.00893. The molecule has 18 heavy (non-hydrogen) atoms. The smallest absolute Gasteiger partial charge is 0.163 e. The Morgan fingerprint density at radius 3 is 2.33 bits per heavy atom. The first-order valence-electron chi connectivity index (χ1n) is 5.63. The monoisotopic (exact) mass is 244 g/mol. The van der Waals surface area contributed by atoms with Crippen LogP contribution in [0.3, 0.4) is 0 Å². The molecule has 1 N–H and O–H groups in total. The van der Waals surface area contributed by atoms with E-state index in [4.69, 9.17) is 0 Å². The molecule has 3 heteroatoms. The van der Waals surface area contributed by atoms with Crippen LogP contribution in [0.15, 0.2) is 42.5 Å². The van der Waals surface area contributed by atoms with Gasteiger partial charge in [-0.25, -0.2) is 4.39 Å². The van der Waals surface area contributed by atoms with Crippen molar-refractivity contribution in [1.82, 2.24) is 0 Å². The van der Waals surface area contributed by atoms with Gasteiger partial charge in [0.1, 0.15) is 11.6 Å². The molecule has 0 fully saturated rings. The summed E-state index contributed by atoms with van der Waals surface area (Å²) in [5.74, 6) is -0.451. The first kappa shape index (κ1) is 12.3. The molecular weight excluding hydrogens is 231 g/mol. The molecule has 92 valence electrons. The lowest BCUT2D eigenvalue weighted by Crippen LogP contribution is -1.96. The number of carbonyl (C=O) groups excluding carboxylic acids is 1. The van der Waals surface area contributed by atoms with Gasteiger partial charge in [-0.3, -0.25) is 4.79 Å². The number of carbonyl (C=O) groups is 1. The molecule has 0 radical (unpaired) electrons. The molecule has 0 aromatic heterocycles. The van der Waals surface area contributed by atoms with Gasteiger partial charge in [0.2, 0.25) is 0 Å². The number of phenolic OH excluding ortho intramolecular Hbond substituents is 1. The molecular formula is C15H13FO2. The number of hydrogen-bond acceptors (Lipinski definition) is 2. The van der Waals surface area contributed by atoms with Crippen LogP contribution >= 0.6 is 0 Å². The summed E-state index contributed by atoms with van der Waals surface area (Å²) in [6, 6.07) is 11.1. The van der Waals surface area contributed by atoms with E-state index in [2.05, 4.69) is 0 Å². The van der Waals surface area contributed by atoms with E-state index in [1.54, 1.807) is 24.3 Å². The van der Waals surface area contributed by atoms with Crippen molar-refractivity contribution >= 4 is 5.78 Å². The Bertz CT molecular complexity index is 574. The van der Waals surface area contributed by atoms with Crippen LogP contribution in [0.25, 0.3) is 0 Å². The minimum Gasteiger partial charge on any atom is -0.507 e. The van der Waals surface area contributed by atoms with Gasteiger partial charge in [0, 0.05) is 0 Å². The fraction of sp³-hybridized carbons (Fsp3) is 0.133. The first-order valence-corrected chi connectivity index (χ1v) is 5.63. The highest BCUT2D eigenvalue weighted by molar-refractivity contribution is 5.96. The molecule has 2 rings (SSSR count). The average Bonchev–Trinajstić information content (AvgIpc) is 2.34. The average molecular weight is 244 g/mol. The van der Waals surface area contributed by atoms with Gasteiger partial charge in [0.15, 0.2) is 5.78 Å². The normalized spacial score (nSPS) is 10.3. The predicted molar refractivity (Wildman–Crippen MR) is 67.3 cm³/mol. The van der Waals surface area contributed by atoms with Crippen molar-refractivity contribution in [3.05, 3.63) is 65.0 Å². The lowest BCUT2D eigenvalue weighted by atomic mass is 10.0. The van der Waals surface area contributed by atoms with Crippen LogP contribution in [-0.2, 0) is 6.42 Å². The predicted octanol–water partition coefficient (Wildman–Crippen LogP) is 3.32. The molecule has 0 saturated carbocycles. The third-order valence-electron chi connectivity index (χ3n) is 2.76. The van der Waals surface area contributed by atoms with Crippen molar-refractivity contribution in [3.8, 4) is 5.75 Å². The second-order valence-corrected chi connectivity index (χ2v) is 4.21. The number of halogens is 1. The molecule has 0 unspecified atom stereocenters. The maximum Gasteiger partial charge on any atom is 0.163 e. The Kier molecular flexibility index (Phi) is 3.42. The summed E-state index contributed by atoms with van der Waals surface area (Å²) >= 11 is 0. The van der Waals surface area contributed by atoms with Gasteiger partial charge in [-0.1, -0.05) is 18.2 Å². The van der Waals surface area contributed by atoms with Crippen LogP contribution in [-0.4, -0.2) is 10.9 Å². The third kappa shape index (κ3) is 2.74. The molecule has 0 amide bonds. The largest absolute Gasteiger partial charge is 0.507 e. The molecule has 0 aliphatic carbocycles. The van der Waals surface area contributed by atoms with E-state index in [-0.39, 0.29) is 17.3 Å². The highest BCUT2D eigenvalue weighted by Gasteiger charge is 2.07. The zero-order valence-corrected chi connectivity index (χ0v) is 9.98. The van der Waals surface area contributed by atoms with Gasteiger partial charge in [0.25, 0.3) is 0 Å². The van der Waals surface area contributed by atoms with Gasteiger partial charge in [-0.05, 0) is 48.7 Å². The highest BCUT2D eigenvalue weighted by Crippen LogP contribution is 2.21. The zero-order chi connectivity index (χ0) is 13.1. The molecule has 0 spiro atoms. The Morgan fingerprint density at radius 1 is 1.11 bits per heavy atom. The van der Waals surface area contributed by atoms with Crippen LogP contribution in [0.5, 0.6) is 5.75 Å². The molecule has 0 aliphatic heterocycles. The number of Topliss-reactive ketones (excluding diaryl/α,β-unsaturated/α-hetero) is 1. The first-order chi connectivity index (χ1) is 8.56. The quantitative estimate of drug-likeness (QED) is 0.841. The number of hydrogen-bond donors (Lipinski definition) is 1. The van der Waals surface area contributed by atoms with Gasteiger partial charge >= 0.3 is 0 Å². The standard InChI is InChI=1S/C15H13FO2/c1-10(17)14-9-12(4-7-15(14)18)8-11-2-5-13(16)6-3-11/h2-7,9,18H,8H2,1H3. The van der Waals surface area contributed by atoms with E-state index in [1.807, 2.05) is 0 Å². The maximum absolute atomic E-state index is 12.8. The molecule has 0 atom stereocenters. The van der Waals surface area contributed by atoms with Crippen LogP contribution in [0, 0.1) is 5.82 Å². The Balaban J connectivity index is 2.27. The number of rotatable bonds is 3. The summed E-state index contributed by atoms with van der Waals surface area (Å²) in [6.45, 7) is 1.41. The molecule has 0 heterocycles. The van der Waals surface area contributed by atoms with Crippen LogP contribution < -0.4 is 0 Å². The maximum atomic E-state index is 12.8. The second kappa shape index (κ2) is 5.00. The summed E-state index contributed by atoms with van der Waals surface area (Å²) in [5.41, 5.74) is 2.18. The molecule has 0 saturated heterocycles. The zero-order valence-electron chi connectivity index (χ0n) is 9.98. The number of benzene rings is 2. The van der Waals surface area contributed by atoms with Crippen molar-refractivity contribution in [2.24, 2.45) is 0 Å². The van der Waals surface area contributed by atoms with Gasteiger partial charge in [-0.2, -0.15) is 0 Å². The van der Waals surface area contributed by atoms with Gasteiger partial charge in [0.05, 0.1) is 5.56 Å². The number of aromatic hydroxyl groups is 1. The van der Waals surface area contributed by atoms with E-state index in [0.717, 1.165) is 11.1 Å². The van der Waals surface area contributed by atoms with Crippen molar-refractivity contribution in [1.29, 1.82) is 0 Å². The van der Waals surface area contributed by atoms with Gasteiger partial charge < -0.3 is 5.11 Å². The van der Waals surface area contributed by atoms with Crippen molar-refractivity contribution < 1.29 is 14.3 Å². The number of phenols is 1. The molecule has 2 nitrogen and oxygen atoms in total. The lowest BCUT2D eigenvalue weighted by molar-refractivity contribution is 0.101. The van der Waals surface area contributed by atoms with E-state index in [0.29, 0.717) is 12.0 Å². The van der Waals surface area contributed by atoms with E-state index < -0.39 is 0 Å². The molecule has 2 aromatic rings. The van der Waals surface area contributed by atoms with Crippen molar-refractivity contribution in [2.45, 2.75) is 13.3 Å². The third-order valence-corrected chi connectivity index (χ3v) is 2.76. The second-order valence-electron chi connectivity index (χ2n) is 4.21. The van der Waals surface area contributed by atoms with E-state index >= 15 is 0 Å². The summed E-state index contributed by atoms with van der Waals surface area (Å²) in [7, 11) is 0. The Hall–Kier alpha value is -2.16. The highest BCUT2D eigenvalue weighted by atomic mass is 19.1. The SMILES string of the molecule is CC(=O)c1cc(Cc2ccc(F)cc2)ccc1O. The lowest BCUT2D eigenvalue weighted by Gasteiger charge is -2.06. The van der Waals surface area contributed by atoms with Crippen LogP contribution in [0.1, 0.15) is 28.4 Å². The fourth-order valence-corrected chi connectivity index (χ4v) is 1.81. The molecule has 0 bridgehead atoms. The van der Waals surface area contributed by atoms with Crippen molar-refractivity contribution in [2.75, 3.05) is 0 Å². The summed E-state index contributed by atoms with van der Waals surface area (Å²) < 4.78 is 12.8. The van der Waals surface area contributed by atoms with E-state index in [9.17, 15) is 14.3 Å².